The van der Waals surface area contributed by atoms with Gasteiger partial charge in [-0.1, -0.05) is 36.4 Å². The molecule has 7 nitrogen and oxygen atoms in total. The zero-order valence-corrected chi connectivity index (χ0v) is 18.7. The number of hydrogen-bond acceptors (Lipinski definition) is 5. The number of amides is 2. The molecule has 0 bridgehead atoms. The first-order chi connectivity index (χ1) is 16.1. The predicted molar refractivity (Wildman–Crippen MR) is 124 cm³/mol. The number of carbonyl (C=O) groups excluding carboxylic acids is 2. The fraction of sp³-hybridized carbons (Fsp3) is 0.308. The van der Waals surface area contributed by atoms with Crippen LogP contribution in [-0.2, 0) is 17.9 Å². The molecule has 3 heterocycles. The van der Waals surface area contributed by atoms with E-state index < -0.39 is 0 Å². The lowest BCUT2D eigenvalue weighted by atomic mass is 10.1. The number of hydrogen-bond donors (Lipinski definition) is 0. The molecule has 1 fully saturated rings. The lowest BCUT2D eigenvalue weighted by molar-refractivity contribution is -0.121. The van der Waals surface area contributed by atoms with Crippen LogP contribution in [0.5, 0.6) is 5.75 Å². The van der Waals surface area contributed by atoms with Gasteiger partial charge >= 0.3 is 0 Å². The third kappa shape index (κ3) is 4.64. The molecule has 0 saturated carbocycles. The number of ether oxygens (including phenoxy) is 1. The zero-order valence-electron chi connectivity index (χ0n) is 18.7. The standard InChI is InChI=1S/C26H27N3O4/c1-19-7-9-22-24(15-19)32-18-25(30)29(22)17-21-8-10-23(33-21)26(31)28-13-11-27(12-14-28)16-20-5-3-2-4-6-20/h2-10,15H,11-14,16-18H2,1H3. The molecule has 0 atom stereocenters. The van der Waals surface area contributed by atoms with E-state index in [9.17, 15) is 9.59 Å². The third-order valence-corrected chi connectivity index (χ3v) is 6.15. The van der Waals surface area contributed by atoms with Crippen molar-refractivity contribution < 1.29 is 18.7 Å². The molecule has 0 spiro atoms. The van der Waals surface area contributed by atoms with Crippen LogP contribution in [0, 0.1) is 6.92 Å². The number of furan rings is 1. The van der Waals surface area contributed by atoms with Crippen molar-refractivity contribution in [2.24, 2.45) is 0 Å². The Labute approximate surface area is 193 Å². The van der Waals surface area contributed by atoms with E-state index in [4.69, 9.17) is 9.15 Å². The molecule has 2 aliphatic rings. The maximum absolute atomic E-state index is 13.0. The van der Waals surface area contributed by atoms with Crippen molar-refractivity contribution in [1.82, 2.24) is 9.80 Å². The smallest absolute Gasteiger partial charge is 0.289 e. The molecule has 1 aromatic heterocycles. The molecule has 170 valence electrons. The van der Waals surface area contributed by atoms with Crippen LogP contribution in [0.1, 0.15) is 27.4 Å². The minimum Gasteiger partial charge on any atom is -0.482 e. The molecule has 0 unspecified atom stereocenters. The molecule has 0 radical (unpaired) electrons. The topological polar surface area (TPSA) is 66.2 Å². The summed E-state index contributed by atoms with van der Waals surface area (Å²) in [5, 5.41) is 0. The SMILES string of the molecule is Cc1ccc2c(c1)OCC(=O)N2Cc1ccc(C(=O)N2CCN(Cc3ccccc3)CC2)o1. The van der Waals surface area contributed by atoms with Gasteiger partial charge in [0.15, 0.2) is 12.4 Å². The van der Waals surface area contributed by atoms with Gasteiger partial charge in [-0.2, -0.15) is 0 Å². The van der Waals surface area contributed by atoms with Crippen molar-refractivity contribution in [2.75, 3.05) is 37.7 Å². The predicted octanol–water partition coefficient (Wildman–Crippen LogP) is 3.47. The van der Waals surface area contributed by atoms with Crippen LogP contribution < -0.4 is 9.64 Å². The Hall–Kier alpha value is -3.58. The highest BCUT2D eigenvalue weighted by atomic mass is 16.5. The molecule has 2 amide bonds. The van der Waals surface area contributed by atoms with Crippen LogP contribution in [-0.4, -0.2) is 54.4 Å². The molecular weight excluding hydrogens is 418 g/mol. The lowest BCUT2D eigenvalue weighted by Gasteiger charge is -2.34. The molecule has 0 N–H and O–H groups in total. The molecule has 7 heteroatoms. The van der Waals surface area contributed by atoms with Gasteiger partial charge < -0.3 is 14.1 Å². The van der Waals surface area contributed by atoms with Gasteiger partial charge in [0, 0.05) is 32.7 Å². The van der Waals surface area contributed by atoms with Crippen molar-refractivity contribution in [3.63, 3.8) is 0 Å². The fourth-order valence-electron chi connectivity index (χ4n) is 4.33. The normalized spacial score (nSPS) is 16.5. The quantitative estimate of drug-likeness (QED) is 0.602. The van der Waals surface area contributed by atoms with E-state index in [-0.39, 0.29) is 25.0 Å². The van der Waals surface area contributed by atoms with Gasteiger partial charge in [0.1, 0.15) is 11.5 Å². The summed E-state index contributed by atoms with van der Waals surface area (Å²) in [6.45, 7) is 6.11. The second-order valence-corrected chi connectivity index (χ2v) is 8.56. The van der Waals surface area contributed by atoms with E-state index in [1.165, 1.54) is 5.56 Å². The molecular formula is C26H27N3O4. The minimum atomic E-state index is -0.134. The van der Waals surface area contributed by atoms with E-state index >= 15 is 0 Å². The number of fused-ring (bicyclic) bond motifs is 1. The largest absolute Gasteiger partial charge is 0.482 e. The number of anilines is 1. The van der Waals surface area contributed by atoms with Crippen LogP contribution in [0.3, 0.4) is 0 Å². The lowest BCUT2D eigenvalue weighted by Crippen LogP contribution is -2.48. The monoisotopic (exact) mass is 445 g/mol. The molecule has 1 saturated heterocycles. The van der Waals surface area contributed by atoms with Gasteiger partial charge in [0.05, 0.1) is 12.2 Å². The van der Waals surface area contributed by atoms with Crippen molar-refractivity contribution in [3.8, 4) is 5.75 Å². The van der Waals surface area contributed by atoms with Gasteiger partial charge in [-0.05, 0) is 42.3 Å². The average Bonchev–Trinajstić information content (AvgIpc) is 3.30. The van der Waals surface area contributed by atoms with E-state index in [2.05, 4.69) is 17.0 Å². The molecule has 2 aliphatic heterocycles. The summed E-state index contributed by atoms with van der Waals surface area (Å²) in [5.41, 5.74) is 3.07. The van der Waals surface area contributed by atoms with Crippen molar-refractivity contribution >= 4 is 17.5 Å². The number of benzene rings is 2. The first-order valence-electron chi connectivity index (χ1n) is 11.2. The van der Waals surface area contributed by atoms with Gasteiger partial charge in [0.2, 0.25) is 0 Å². The van der Waals surface area contributed by atoms with Gasteiger partial charge in [0.25, 0.3) is 11.8 Å². The molecule has 0 aliphatic carbocycles. The van der Waals surface area contributed by atoms with Crippen molar-refractivity contribution in [3.05, 3.63) is 83.3 Å². The zero-order chi connectivity index (χ0) is 22.8. The molecule has 5 rings (SSSR count). The maximum atomic E-state index is 13.0. The van der Waals surface area contributed by atoms with Crippen LogP contribution in [0.15, 0.2) is 65.1 Å². The number of piperazine rings is 1. The number of nitrogens with zero attached hydrogens (tertiary/aromatic N) is 3. The summed E-state index contributed by atoms with van der Waals surface area (Å²) in [6.07, 6.45) is 0. The van der Waals surface area contributed by atoms with Gasteiger partial charge in [-0.15, -0.1) is 0 Å². The van der Waals surface area contributed by atoms with Crippen molar-refractivity contribution in [2.45, 2.75) is 20.0 Å². The first kappa shape index (κ1) is 21.3. The van der Waals surface area contributed by atoms with Crippen molar-refractivity contribution in [1.29, 1.82) is 0 Å². The molecule has 3 aromatic rings. The van der Waals surface area contributed by atoms with E-state index in [1.54, 1.807) is 17.0 Å². The van der Waals surface area contributed by atoms with Crippen LogP contribution in [0.4, 0.5) is 5.69 Å². The Morgan fingerprint density at radius 3 is 2.52 bits per heavy atom. The number of aryl methyl sites for hydroxylation is 1. The molecule has 33 heavy (non-hydrogen) atoms. The summed E-state index contributed by atoms with van der Waals surface area (Å²) < 4.78 is 11.4. The van der Waals surface area contributed by atoms with Crippen LogP contribution in [0.2, 0.25) is 0 Å². The summed E-state index contributed by atoms with van der Waals surface area (Å²) in [6, 6.07) is 19.6. The Balaban J connectivity index is 1.21. The third-order valence-electron chi connectivity index (χ3n) is 6.15. The number of rotatable bonds is 5. The van der Waals surface area contributed by atoms with Crippen LogP contribution >= 0.6 is 0 Å². The van der Waals surface area contributed by atoms with E-state index in [0.717, 1.165) is 30.9 Å². The average molecular weight is 446 g/mol. The fourth-order valence-corrected chi connectivity index (χ4v) is 4.33. The van der Waals surface area contributed by atoms with Crippen LogP contribution in [0.25, 0.3) is 0 Å². The van der Waals surface area contributed by atoms with E-state index in [1.807, 2.05) is 48.2 Å². The highest BCUT2D eigenvalue weighted by Crippen LogP contribution is 2.34. The Bertz CT molecular complexity index is 1150. The summed E-state index contributed by atoms with van der Waals surface area (Å²) in [4.78, 5) is 31.3. The summed E-state index contributed by atoms with van der Waals surface area (Å²) in [5.74, 6) is 1.33. The Morgan fingerprint density at radius 1 is 0.939 bits per heavy atom. The minimum absolute atomic E-state index is 0.00376. The van der Waals surface area contributed by atoms with Gasteiger partial charge in [-0.3, -0.25) is 19.4 Å². The Morgan fingerprint density at radius 2 is 1.73 bits per heavy atom. The number of carbonyl (C=O) groups is 2. The summed E-state index contributed by atoms with van der Waals surface area (Å²) >= 11 is 0. The second-order valence-electron chi connectivity index (χ2n) is 8.56. The van der Waals surface area contributed by atoms with E-state index in [0.29, 0.717) is 30.4 Å². The second kappa shape index (κ2) is 9.11. The highest BCUT2D eigenvalue weighted by molar-refractivity contribution is 5.97. The highest BCUT2D eigenvalue weighted by Gasteiger charge is 2.28. The Kier molecular flexibility index (Phi) is 5.88. The van der Waals surface area contributed by atoms with Gasteiger partial charge in [-0.25, -0.2) is 0 Å². The first-order valence-corrected chi connectivity index (χ1v) is 11.2. The maximum Gasteiger partial charge on any atom is 0.289 e. The summed E-state index contributed by atoms with van der Waals surface area (Å²) in [7, 11) is 0. The molecule has 2 aromatic carbocycles.